The van der Waals surface area contributed by atoms with E-state index in [1.807, 2.05) is 23.5 Å². The van der Waals surface area contributed by atoms with Gasteiger partial charge in [-0.2, -0.15) is 0 Å². The van der Waals surface area contributed by atoms with Crippen LogP contribution in [0.5, 0.6) is 0 Å². The van der Waals surface area contributed by atoms with Crippen LogP contribution in [0.4, 0.5) is 0 Å². The van der Waals surface area contributed by atoms with Crippen molar-refractivity contribution in [2.24, 2.45) is 0 Å². The predicted octanol–water partition coefficient (Wildman–Crippen LogP) is 4.69. The Morgan fingerprint density at radius 3 is 2.71 bits per heavy atom. The van der Waals surface area contributed by atoms with E-state index in [4.69, 9.17) is 9.97 Å². The Morgan fingerprint density at radius 2 is 1.94 bits per heavy atom. The van der Waals surface area contributed by atoms with Gasteiger partial charge in [-0.25, -0.2) is 22.7 Å². The maximum Gasteiger partial charge on any atom is 0.242 e. The molecule has 34 heavy (non-hydrogen) atoms. The largest absolute Gasteiger partial charge is 0.327 e. The lowest BCUT2D eigenvalue weighted by molar-refractivity contribution is 0.193. The Hall–Kier alpha value is -2.33. The van der Waals surface area contributed by atoms with E-state index in [1.54, 1.807) is 26.2 Å². The lowest BCUT2D eigenvalue weighted by atomic mass is 9.99. The molecule has 2 aromatic carbocycles. The molecule has 0 saturated carbocycles. The highest BCUT2D eigenvalue weighted by Gasteiger charge is 2.26. The van der Waals surface area contributed by atoms with Gasteiger partial charge in [0.1, 0.15) is 5.82 Å². The Balaban J connectivity index is 1.42. The molecule has 0 bridgehead atoms. The second kappa shape index (κ2) is 9.37. The summed E-state index contributed by atoms with van der Waals surface area (Å²) in [6.45, 7) is 5.78. The van der Waals surface area contributed by atoms with E-state index in [2.05, 4.69) is 34.6 Å². The number of piperidine rings is 1. The highest BCUT2D eigenvalue weighted by atomic mass is 32.2. The molecule has 3 heterocycles. The summed E-state index contributed by atoms with van der Waals surface area (Å²) in [5.74, 6) is 1.44. The van der Waals surface area contributed by atoms with Crippen LogP contribution in [0.25, 0.3) is 21.3 Å². The first-order valence-electron chi connectivity index (χ1n) is 11.9. The van der Waals surface area contributed by atoms with Gasteiger partial charge in [0.15, 0.2) is 0 Å². The molecular formula is C25H31N5O2S2. The number of nitrogens with zero attached hydrogens (tertiary/aromatic N) is 5. The summed E-state index contributed by atoms with van der Waals surface area (Å²) in [7, 11) is -0.384. The van der Waals surface area contributed by atoms with Gasteiger partial charge in [-0.05, 0) is 56.1 Å². The zero-order chi connectivity index (χ0) is 23.9. The van der Waals surface area contributed by atoms with Crippen molar-refractivity contribution in [3.63, 3.8) is 0 Å². The molecule has 9 heteroatoms. The van der Waals surface area contributed by atoms with E-state index in [0.717, 1.165) is 67.8 Å². The van der Waals surface area contributed by atoms with E-state index in [9.17, 15) is 8.42 Å². The minimum atomic E-state index is -3.49. The standard InChI is InChI=1S/C25H31N5O2S2/c1-4-13-30-22-12-11-19(34(31,32)28(2)3)15-21(22)26-24(30)17-29-14-7-8-18(16-29)25-27-20-9-5-6-10-23(20)33-25/h5-6,9-12,15,18H,4,7-8,13-14,16-17H2,1-3H3. The average Bonchev–Trinajstić information content (AvgIpc) is 3.41. The van der Waals surface area contributed by atoms with E-state index >= 15 is 0 Å². The number of imidazole rings is 1. The van der Waals surface area contributed by atoms with Crippen molar-refractivity contribution < 1.29 is 8.42 Å². The summed E-state index contributed by atoms with van der Waals surface area (Å²) >= 11 is 1.81. The number of hydrogen-bond acceptors (Lipinski definition) is 6. The van der Waals surface area contributed by atoms with Crippen LogP contribution in [0, 0.1) is 0 Å². The Bertz CT molecular complexity index is 1390. The number of thiazole rings is 1. The van der Waals surface area contributed by atoms with Gasteiger partial charge in [0, 0.05) is 33.1 Å². The van der Waals surface area contributed by atoms with Gasteiger partial charge in [0.2, 0.25) is 10.0 Å². The van der Waals surface area contributed by atoms with Gasteiger partial charge in [-0.3, -0.25) is 4.90 Å². The molecule has 0 radical (unpaired) electrons. The summed E-state index contributed by atoms with van der Waals surface area (Å²) in [4.78, 5) is 12.6. The normalized spacial score (nSPS) is 17.8. The third-order valence-corrected chi connectivity index (χ3v) is 9.56. The van der Waals surface area contributed by atoms with Crippen LogP contribution in [-0.2, 0) is 23.1 Å². The average molecular weight is 498 g/mol. The number of aryl methyl sites for hydroxylation is 1. The monoisotopic (exact) mass is 497 g/mol. The summed E-state index contributed by atoms with van der Waals surface area (Å²) in [5.41, 5.74) is 2.83. The maximum atomic E-state index is 12.6. The predicted molar refractivity (Wildman–Crippen MR) is 138 cm³/mol. The zero-order valence-electron chi connectivity index (χ0n) is 19.9. The molecule has 0 aliphatic carbocycles. The zero-order valence-corrected chi connectivity index (χ0v) is 21.6. The molecule has 1 saturated heterocycles. The molecule has 1 aliphatic rings. The molecule has 1 aliphatic heterocycles. The highest BCUT2D eigenvalue weighted by Crippen LogP contribution is 2.33. The number of rotatable bonds is 7. The number of likely N-dealkylation sites (tertiary alicyclic amines) is 1. The number of para-hydroxylation sites is 1. The van der Waals surface area contributed by atoms with Crippen LogP contribution in [0.1, 0.15) is 42.9 Å². The number of benzene rings is 2. The molecule has 4 aromatic rings. The SMILES string of the molecule is CCCn1c(CN2CCCC(c3nc4ccccc4s3)C2)nc2cc(S(=O)(=O)N(C)C)ccc21. The second-order valence-corrected chi connectivity index (χ2v) is 12.4. The maximum absolute atomic E-state index is 12.6. The fraction of sp³-hybridized carbons (Fsp3) is 0.440. The van der Waals surface area contributed by atoms with Crippen molar-refractivity contribution in [1.29, 1.82) is 0 Å². The van der Waals surface area contributed by atoms with Crippen LogP contribution in [-0.4, -0.2) is 59.3 Å². The molecular weight excluding hydrogens is 466 g/mol. The molecule has 1 atom stereocenters. The topological polar surface area (TPSA) is 71.3 Å². The van der Waals surface area contributed by atoms with Gasteiger partial charge < -0.3 is 4.57 Å². The van der Waals surface area contributed by atoms with Crippen molar-refractivity contribution in [2.45, 2.75) is 50.1 Å². The summed E-state index contributed by atoms with van der Waals surface area (Å²) < 4.78 is 30.0. The van der Waals surface area contributed by atoms with Crippen molar-refractivity contribution >= 4 is 42.6 Å². The van der Waals surface area contributed by atoms with Gasteiger partial charge in [0.05, 0.1) is 37.7 Å². The molecule has 5 rings (SSSR count). The first-order chi connectivity index (χ1) is 16.4. The summed E-state index contributed by atoms with van der Waals surface area (Å²) in [6.07, 6.45) is 3.29. The van der Waals surface area contributed by atoms with Crippen molar-refractivity contribution in [2.75, 3.05) is 27.2 Å². The Kier molecular flexibility index (Phi) is 6.45. The molecule has 0 N–H and O–H groups in total. The fourth-order valence-corrected chi connectivity index (χ4v) is 6.81. The smallest absolute Gasteiger partial charge is 0.242 e. The number of sulfonamides is 1. The van der Waals surface area contributed by atoms with E-state index in [1.165, 1.54) is 14.0 Å². The number of fused-ring (bicyclic) bond motifs is 2. The molecule has 7 nitrogen and oxygen atoms in total. The van der Waals surface area contributed by atoms with Gasteiger partial charge in [-0.15, -0.1) is 11.3 Å². The highest BCUT2D eigenvalue weighted by molar-refractivity contribution is 7.89. The summed E-state index contributed by atoms with van der Waals surface area (Å²) in [5, 5.41) is 1.23. The summed E-state index contributed by atoms with van der Waals surface area (Å²) in [6, 6.07) is 13.7. The van der Waals surface area contributed by atoms with Crippen molar-refractivity contribution in [1.82, 2.24) is 23.7 Å². The van der Waals surface area contributed by atoms with Crippen LogP contribution in [0.3, 0.4) is 0 Å². The number of hydrogen-bond donors (Lipinski definition) is 0. The third kappa shape index (κ3) is 4.37. The molecule has 2 aromatic heterocycles. The van der Waals surface area contributed by atoms with Gasteiger partial charge in [-0.1, -0.05) is 19.1 Å². The van der Waals surface area contributed by atoms with Crippen LogP contribution >= 0.6 is 11.3 Å². The molecule has 1 unspecified atom stereocenters. The Labute approximate surface area is 205 Å². The van der Waals surface area contributed by atoms with Crippen LogP contribution in [0.15, 0.2) is 47.4 Å². The Morgan fingerprint density at radius 1 is 1.12 bits per heavy atom. The van der Waals surface area contributed by atoms with Crippen LogP contribution < -0.4 is 0 Å². The first-order valence-corrected chi connectivity index (χ1v) is 14.1. The van der Waals surface area contributed by atoms with Gasteiger partial charge >= 0.3 is 0 Å². The van der Waals surface area contributed by atoms with E-state index < -0.39 is 10.0 Å². The van der Waals surface area contributed by atoms with Crippen LogP contribution in [0.2, 0.25) is 0 Å². The quantitative estimate of drug-likeness (QED) is 0.371. The number of aromatic nitrogens is 3. The molecule has 0 spiro atoms. The first kappa shape index (κ1) is 23.4. The minimum absolute atomic E-state index is 0.284. The van der Waals surface area contributed by atoms with E-state index in [0.29, 0.717) is 5.92 Å². The third-order valence-electron chi connectivity index (χ3n) is 6.55. The van der Waals surface area contributed by atoms with E-state index in [-0.39, 0.29) is 4.90 Å². The van der Waals surface area contributed by atoms with Gasteiger partial charge in [0.25, 0.3) is 0 Å². The molecule has 0 amide bonds. The lowest BCUT2D eigenvalue weighted by Crippen LogP contribution is -2.34. The molecule has 180 valence electrons. The van der Waals surface area contributed by atoms with Crippen molar-refractivity contribution in [3.8, 4) is 0 Å². The molecule has 1 fully saturated rings. The lowest BCUT2D eigenvalue weighted by Gasteiger charge is -2.31. The van der Waals surface area contributed by atoms with Crippen molar-refractivity contribution in [3.05, 3.63) is 53.3 Å². The fourth-order valence-electron chi connectivity index (χ4n) is 4.79. The minimum Gasteiger partial charge on any atom is -0.327 e. The second-order valence-electron chi connectivity index (χ2n) is 9.21.